The second-order valence-electron chi connectivity index (χ2n) is 6.42. The molecule has 0 saturated carbocycles. The van der Waals surface area contributed by atoms with Gasteiger partial charge in [0, 0.05) is 11.8 Å². The van der Waals surface area contributed by atoms with E-state index in [1.807, 2.05) is 31.2 Å². The van der Waals surface area contributed by atoms with Crippen LogP contribution in [0.1, 0.15) is 30.9 Å². The Hall–Kier alpha value is -2.24. The smallest absolute Gasteiger partial charge is 0.305 e. The average Bonchev–Trinajstić information content (AvgIpc) is 2.65. The lowest BCUT2D eigenvalue weighted by Gasteiger charge is -2.31. The molecule has 26 heavy (non-hydrogen) atoms. The van der Waals surface area contributed by atoms with E-state index >= 15 is 0 Å². The van der Waals surface area contributed by atoms with Crippen LogP contribution in [0.3, 0.4) is 0 Å². The van der Waals surface area contributed by atoms with Gasteiger partial charge in [-0.25, -0.2) is 0 Å². The molecule has 2 aromatic rings. The van der Waals surface area contributed by atoms with Gasteiger partial charge in [-0.3, -0.25) is 4.79 Å². The number of hydrogen-bond acceptors (Lipinski definition) is 5. The highest BCUT2D eigenvalue weighted by Crippen LogP contribution is 2.37. The molecule has 2 rings (SSSR count). The molecule has 0 radical (unpaired) electrons. The predicted molar refractivity (Wildman–Crippen MR) is 99.6 cm³/mol. The number of benzene rings is 2. The first-order valence-corrected chi connectivity index (χ1v) is 8.87. The van der Waals surface area contributed by atoms with E-state index in [9.17, 15) is 20.1 Å². The van der Waals surface area contributed by atoms with Crippen LogP contribution in [0.2, 0.25) is 0 Å². The Morgan fingerprint density at radius 3 is 1.92 bits per heavy atom. The molecule has 3 N–H and O–H groups in total. The fourth-order valence-corrected chi connectivity index (χ4v) is 2.86. The number of hydrogen-bond donors (Lipinski definition) is 3. The van der Waals surface area contributed by atoms with E-state index in [-0.39, 0.29) is 30.4 Å². The van der Waals surface area contributed by atoms with E-state index in [4.69, 9.17) is 16.3 Å². The second-order valence-corrected chi connectivity index (χ2v) is 6.73. The van der Waals surface area contributed by atoms with E-state index in [1.54, 1.807) is 24.3 Å². The molecule has 0 heterocycles. The average molecular weight is 379 g/mol. The van der Waals surface area contributed by atoms with E-state index in [0.29, 0.717) is 6.42 Å². The number of phenols is 2. The Kier molecular flexibility index (Phi) is 6.89. The van der Waals surface area contributed by atoms with Gasteiger partial charge < -0.3 is 20.1 Å². The molecule has 0 aliphatic heterocycles. The van der Waals surface area contributed by atoms with Crippen LogP contribution in [0.25, 0.3) is 0 Å². The van der Waals surface area contributed by atoms with Crippen LogP contribution >= 0.6 is 11.6 Å². The maximum atomic E-state index is 12.0. The zero-order valence-electron chi connectivity index (χ0n) is 14.6. The van der Waals surface area contributed by atoms with Gasteiger partial charge in [-0.05, 0) is 41.8 Å². The van der Waals surface area contributed by atoms with Crippen molar-refractivity contribution in [1.82, 2.24) is 0 Å². The molecule has 0 aliphatic carbocycles. The number of esters is 1. The fraction of sp³-hybridized carbons (Fsp3) is 0.350. The van der Waals surface area contributed by atoms with Crippen molar-refractivity contribution in [2.24, 2.45) is 0 Å². The molecular formula is C20H23ClO5. The van der Waals surface area contributed by atoms with Crippen LogP contribution in [0.4, 0.5) is 0 Å². The van der Waals surface area contributed by atoms with Crippen molar-refractivity contribution < 1.29 is 24.9 Å². The Morgan fingerprint density at radius 2 is 1.50 bits per heavy atom. The molecule has 1 unspecified atom stereocenters. The molecule has 140 valence electrons. The molecule has 0 bridgehead atoms. The third-order valence-electron chi connectivity index (χ3n) is 4.45. The monoisotopic (exact) mass is 378 g/mol. The lowest BCUT2D eigenvalue weighted by Crippen LogP contribution is -2.26. The molecule has 0 saturated heterocycles. The molecular weight excluding hydrogens is 356 g/mol. The van der Waals surface area contributed by atoms with Crippen LogP contribution in [-0.4, -0.2) is 39.9 Å². The largest absolute Gasteiger partial charge is 0.508 e. The molecule has 0 aliphatic rings. The highest BCUT2D eigenvalue weighted by molar-refractivity contribution is 6.18. The number of alkyl halides is 1. The number of carbonyl (C=O) groups excluding carboxylic acids is 1. The number of halogens is 1. The van der Waals surface area contributed by atoms with Gasteiger partial charge in [0.05, 0.1) is 5.88 Å². The van der Waals surface area contributed by atoms with E-state index in [1.165, 1.54) is 0 Å². The van der Waals surface area contributed by atoms with Crippen molar-refractivity contribution in [2.45, 2.75) is 31.3 Å². The Morgan fingerprint density at radius 1 is 1.04 bits per heavy atom. The van der Waals surface area contributed by atoms with Crippen molar-refractivity contribution in [2.75, 3.05) is 12.5 Å². The SMILES string of the molecule is CC(CCC(=O)OCC(O)CCl)(c1ccc(O)cc1)c1ccc(O)cc1. The number of phenolic OH excluding ortho intramolecular Hbond substituents is 2. The summed E-state index contributed by atoms with van der Waals surface area (Å²) >= 11 is 5.49. The molecule has 5 nitrogen and oxygen atoms in total. The molecule has 0 spiro atoms. The minimum atomic E-state index is -0.874. The predicted octanol–water partition coefficient (Wildman–Crippen LogP) is 3.33. The van der Waals surface area contributed by atoms with Gasteiger partial charge in [0.1, 0.15) is 24.2 Å². The quantitative estimate of drug-likeness (QED) is 0.484. The third kappa shape index (κ3) is 5.13. The summed E-state index contributed by atoms with van der Waals surface area (Å²) < 4.78 is 5.05. The van der Waals surface area contributed by atoms with Crippen LogP contribution in [0.5, 0.6) is 11.5 Å². The minimum Gasteiger partial charge on any atom is -0.508 e. The number of aliphatic hydroxyl groups is 1. The van der Waals surface area contributed by atoms with Gasteiger partial charge >= 0.3 is 5.97 Å². The summed E-state index contributed by atoms with van der Waals surface area (Å²) in [6.45, 7) is 1.87. The molecule has 2 aromatic carbocycles. The zero-order chi connectivity index (χ0) is 19.2. The summed E-state index contributed by atoms with van der Waals surface area (Å²) in [5.41, 5.74) is 1.33. The Labute approximate surface area is 157 Å². The second kappa shape index (κ2) is 8.92. The van der Waals surface area contributed by atoms with Gasteiger partial charge in [0.25, 0.3) is 0 Å². The maximum absolute atomic E-state index is 12.0. The van der Waals surface area contributed by atoms with Gasteiger partial charge in [-0.15, -0.1) is 11.6 Å². The first kappa shape index (κ1) is 20.1. The Bertz CT molecular complexity index is 666. The van der Waals surface area contributed by atoms with Gasteiger partial charge in [-0.1, -0.05) is 31.2 Å². The fourth-order valence-electron chi connectivity index (χ4n) is 2.77. The molecule has 0 amide bonds. The number of aliphatic hydroxyl groups excluding tert-OH is 1. The molecule has 6 heteroatoms. The number of aromatic hydroxyl groups is 2. The van der Waals surface area contributed by atoms with Crippen molar-refractivity contribution >= 4 is 17.6 Å². The van der Waals surface area contributed by atoms with Gasteiger partial charge in [-0.2, -0.15) is 0 Å². The molecule has 1 atom stereocenters. The van der Waals surface area contributed by atoms with Crippen LogP contribution in [0, 0.1) is 0 Å². The first-order valence-electron chi connectivity index (χ1n) is 8.34. The van der Waals surface area contributed by atoms with E-state index in [2.05, 4.69) is 0 Å². The molecule has 0 fully saturated rings. The van der Waals surface area contributed by atoms with Crippen molar-refractivity contribution in [1.29, 1.82) is 0 Å². The third-order valence-corrected chi connectivity index (χ3v) is 4.81. The summed E-state index contributed by atoms with van der Waals surface area (Å²) in [6, 6.07) is 13.6. The van der Waals surface area contributed by atoms with Gasteiger partial charge in [0.15, 0.2) is 0 Å². The minimum absolute atomic E-state index is 0.00596. The lowest BCUT2D eigenvalue weighted by molar-refractivity contribution is -0.146. The zero-order valence-corrected chi connectivity index (χ0v) is 15.3. The number of carbonyl (C=O) groups is 1. The van der Waals surface area contributed by atoms with Crippen molar-refractivity contribution in [3.63, 3.8) is 0 Å². The summed E-state index contributed by atoms with van der Waals surface area (Å²) in [7, 11) is 0. The van der Waals surface area contributed by atoms with Crippen LogP contribution < -0.4 is 0 Å². The highest BCUT2D eigenvalue weighted by Gasteiger charge is 2.30. The van der Waals surface area contributed by atoms with Crippen molar-refractivity contribution in [3.05, 3.63) is 59.7 Å². The number of rotatable bonds is 8. The van der Waals surface area contributed by atoms with Gasteiger partial charge in [0.2, 0.25) is 0 Å². The highest BCUT2D eigenvalue weighted by atomic mass is 35.5. The summed E-state index contributed by atoms with van der Waals surface area (Å²) in [5, 5.41) is 28.5. The lowest BCUT2D eigenvalue weighted by atomic mass is 9.73. The summed E-state index contributed by atoms with van der Waals surface area (Å²) in [4.78, 5) is 12.0. The summed E-state index contributed by atoms with van der Waals surface area (Å²) in [5.74, 6) is -0.0862. The van der Waals surface area contributed by atoms with Crippen LogP contribution in [0.15, 0.2) is 48.5 Å². The van der Waals surface area contributed by atoms with Crippen LogP contribution in [-0.2, 0) is 14.9 Å². The van der Waals surface area contributed by atoms with E-state index in [0.717, 1.165) is 11.1 Å². The normalized spacial score (nSPS) is 12.6. The van der Waals surface area contributed by atoms with E-state index < -0.39 is 17.5 Å². The number of ether oxygens (including phenoxy) is 1. The summed E-state index contributed by atoms with van der Waals surface area (Å²) in [6.07, 6.45) is -0.271. The standard InChI is InChI=1S/C20H23ClO5/c1-20(14-2-6-16(22)7-3-14,15-4-8-17(23)9-5-15)11-10-19(25)26-13-18(24)12-21/h2-9,18,22-24H,10-13H2,1H3. The molecule has 0 aromatic heterocycles. The maximum Gasteiger partial charge on any atom is 0.305 e. The first-order chi connectivity index (χ1) is 12.3. The topological polar surface area (TPSA) is 87.0 Å². The Balaban J connectivity index is 2.20. The van der Waals surface area contributed by atoms with Crippen molar-refractivity contribution in [3.8, 4) is 11.5 Å².